The highest BCUT2D eigenvalue weighted by atomic mass is 16.5. The molecule has 0 heterocycles. The van der Waals surface area contributed by atoms with Crippen molar-refractivity contribution in [2.24, 2.45) is 0 Å². The van der Waals surface area contributed by atoms with Crippen molar-refractivity contribution in [1.82, 2.24) is 5.32 Å². The number of methoxy groups -OCH3 is 1. The molecule has 4 heteroatoms. The molecule has 2 unspecified atom stereocenters. The fourth-order valence-electron chi connectivity index (χ4n) is 2.15. The Morgan fingerprint density at radius 3 is 2.88 bits per heavy atom. The molecule has 1 aliphatic carbocycles. The van der Waals surface area contributed by atoms with Gasteiger partial charge < -0.3 is 15.2 Å². The van der Waals surface area contributed by atoms with Crippen LogP contribution in [0.15, 0.2) is 0 Å². The lowest BCUT2D eigenvalue weighted by Crippen LogP contribution is -2.39. The van der Waals surface area contributed by atoms with E-state index in [-0.39, 0.29) is 18.1 Å². The van der Waals surface area contributed by atoms with E-state index in [1.807, 2.05) is 0 Å². The lowest BCUT2D eigenvalue weighted by atomic mass is 10.1. The van der Waals surface area contributed by atoms with Crippen LogP contribution >= 0.6 is 0 Å². The van der Waals surface area contributed by atoms with Gasteiger partial charge >= 0.3 is 5.97 Å². The van der Waals surface area contributed by atoms with E-state index in [2.05, 4.69) is 10.1 Å². The van der Waals surface area contributed by atoms with Crippen LogP contribution in [0.5, 0.6) is 0 Å². The molecule has 0 aromatic carbocycles. The van der Waals surface area contributed by atoms with Gasteiger partial charge in [0.05, 0.1) is 13.2 Å². The molecule has 16 heavy (non-hydrogen) atoms. The molecular weight excluding hydrogens is 206 g/mol. The maximum atomic E-state index is 10.9. The van der Waals surface area contributed by atoms with E-state index in [0.29, 0.717) is 6.42 Å². The molecular formula is C12H23NO3. The van der Waals surface area contributed by atoms with Gasteiger partial charge in [-0.1, -0.05) is 19.3 Å². The summed E-state index contributed by atoms with van der Waals surface area (Å²) in [6.45, 7) is 0.775. The van der Waals surface area contributed by atoms with Crippen molar-refractivity contribution in [3.8, 4) is 0 Å². The summed E-state index contributed by atoms with van der Waals surface area (Å²) in [4.78, 5) is 10.9. The Hall–Kier alpha value is -0.610. The maximum absolute atomic E-state index is 10.9. The Bertz CT molecular complexity index is 208. The Labute approximate surface area is 97.4 Å². The van der Waals surface area contributed by atoms with Gasteiger partial charge in [0.15, 0.2) is 0 Å². The third kappa shape index (κ3) is 4.94. The molecule has 1 rings (SSSR count). The van der Waals surface area contributed by atoms with E-state index in [1.165, 1.54) is 20.0 Å². The fourth-order valence-corrected chi connectivity index (χ4v) is 2.15. The minimum atomic E-state index is -0.222. The second-order valence-corrected chi connectivity index (χ2v) is 4.45. The molecule has 0 bridgehead atoms. The third-order valence-corrected chi connectivity index (χ3v) is 3.17. The number of hydrogen-bond acceptors (Lipinski definition) is 4. The van der Waals surface area contributed by atoms with Gasteiger partial charge in [0.25, 0.3) is 0 Å². The number of carbonyl (C=O) groups excluding carboxylic acids is 1. The zero-order chi connectivity index (χ0) is 11.8. The summed E-state index contributed by atoms with van der Waals surface area (Å²) >= 11 is 0. The van der Waals surface area contributed by atoms with Crippen LogP contribution in [-0.2, 0) is 9.53 Å². The van der Waals surface area contributed by atoms with E-state index in [4.69, 9.17) is 0 Å². The molecule has 0 amide bonds. The molecule has 0 aromatic rings. The largest absolute Gasteiger partial charge is 0.469 e. The van der Waals surface area contributed by atoms with Gasteiger partial charge in [-0.2, -0.15) is 0 Å². The van der Waals surface area contributed by atoms with Crippen molar-refractivity contribution < 1.29 is 14.6 Å². The normalized spacial score (nSPS) is 26.1. The van der Waals surface area contributed by atoms with Crippen molar-refractivity contribution in [3.63, 3.8) is 0 Å². The SMILES string of the molecule is COC(=O)CCCNC1CCCCCC1O. The average molecular weight is 229 g/mol. The van der Waals surface area contributed by atoms with E-state index in [1.54, 1.807) is 0 Å². The molecule has 0 spiro atoms. The monoisotopic (exact) mass is 229 g/mol. The average Bonchev–Trinajstić information content (AvgIpc) is 2.49. The second-order valence-electron chi connectivity index (χ2n) is 4.45. The quantitative estimate of drug-likeness (QED) is 0.423. The number of rotatable bonds is 5. The van der Waals surface area contributed by atoms with E-state index in [9.17, 15) is 9.90 Å². The van der Waals surface area contributed by atoms with Crippen LogP contribution < -0.4 is 5.32 Å². The highest BCUT2D eigenvalue weighted by Gasteiger charge is 2.20. The summed E-state index contributed by atoms with van der Waals surface area (Å²) in [5.41, 5.74) is 0. The Morgan fingerprint density at radius 2 is 2.12 bits per heavy atom. The molecule has 94 valence electrons. The van der Waals surface area contributed by atoms with Crippen molar-refractivity contribution in [2.75, 3.05) is 13.7 Å². The minimum Gasteiger partial charge on any atom is -0.469 e. The molecule has 1 aliphatic rings. The first-order valence-electron chi connectivity index (χ1n) is 6.22. The number of ether oxygens (including phenoxy) is 1. The lowest BCUT2D eigenvalue weighted by Gasteiger charge is -2.21. The minimum absolute atomic E-state index is 0.164. The second kappa shape index (κ2) is 7.63. The molecule has 0 aliphatic heterocycles. The van der Waals surface area contributed by atoms with Crippen LogP contribution in [0.2, 0.25) is 0 Å². The summed E-state index contributed by atoms with van der Waals surface area (Å²) in [6, 6.07) is 0.208. The van der Waals surface area contributed by atoms with Crippen molar-refractivity contribution in [2.45, 2.75) is 57.1 Å². The first kappa shape index (κ1) is 13.5. The summed E-state index contributed by atoms with van der Waals surface area (Å²) in [7, 11) is 1.41. The lowest BCUT2D eigenvalue weighted by molar-refractivity contribution is -0.140. The number of aliphatic hydroxyl groups is 1. The number of aliphatic hydroxyl groups excluding tert-OH is 1. The first-order chi connectivity index (χ1) is 7.74. The smallest absolute Gasteiger partial charge is 0.305 e. The predicted molar refractivity (Wildman–Crippen MR) is 62.1 cm³/mol. The fraction of sp³-hybridized carbons (Fsp3) is 0.917. The van der Waals surface area contributed by atoms with Crippen LogP contribution in [0.3, 0.4) is 0 Å². The van der Waals surface area contributed by atoms with Gasteiger partial charge in [0.2, 0.25) is 0 Å². The van der Waals surface area contributed by atoms with Crippen molar-refractivity contribution in [3.05, 3.63) is 0 Å². The number of nitrogens with one attached hydrogen (secondary N) is 1. The number of carbonyl (C=O) groups is 1. The highest BCUT2D eigenvalue weighted by Crippen LogP contribution is 2.17. The van der Waals surface area contributed by atoms with Crippen LogP contribution in [0.25, 0.3) is 0 Å². The number of esters is 1. The van der Waals surface area contributed by atoms with Gasteiger partial charge in [-0.15, -0.1) is 0 Å². The summed E-state index contributed by atoms with van der Waals surface area (Å²) < 4.78 is 4.57. The van der Waals surface area contributed by atoms with Gasteiger partial charge in [0.1, 0.15) is 0 Å². The molecule has 4 nitrogen and oxygen atoms in total. The van der Waals surface area contributed by atoms with Crippen LogP contribution in [0.4, 0.5) is 0 Å². The highest BCUT2D eigenvalue weighted by molar-refractivity contribution is 5.69. The number of hydrogen-bond donors (Lipinski definition) is 2. The standard InChI is InChI=1S/C12H23NO3/c1-16-12(15)8-5-9-13-10-6-3-2-4-7-11(10)14/h10-11,13-14H,2-9H2,1H3. The first-order valence-corrected chi connectivity index (χ1v) is 6.22. The van der Waals surface area contributed by atoms with E-state index >= 15 is 0 Å². The Morgan fingerprint density at radius 1 is 1.38 bits per heavy atom. The predicted octanol–water partition coefficient (Wildman–Crippen LogP) is 1.22. The van der Waals surface area contributed by atoms with Crippen LogP contribution in [-0.4, -0.2) is 36.9 Å². The zero-order valence-corrected chi connectivity index (χ0v) is 10.1. The zero-order valence-electron chi connectivity index (χ0n) is 10.1. The Balaban J connectivity index is 2.12. The Kier molecular flexibility index (Phi) is 6.42. The molecule has 1 fully saturated rings. The van der Waals surface area contributed by atoms with Crippen molar-refractivity contribution in [1.29, 1.82) is 0 Å². The van der Waals surface area contributed by atoms with Gasteiger partial charge in [-0.3, -0.25) is 4.79 Å². The van der Waals surface area contributed by atoms with Crippen LogP contribution in [0, 0.1) is 0 Å². The molecule has 0 radical (unpaired) electrons. The molecule has 2 atom stereocenters. The van der Waals surface area contributed by atoms with Gasteiger partial charge in [0, 0.05) is 12.5 Å². The topological polar surface area (TPSA) is 58.6 Å². The molecule has 1 saturated carbocycles. The molecule has 2 N–H and O–H groups in total. The third-order valence-electron chi connectivity index (χ3n) is 3.17. The molecule has 0 saturated heterocycles. The van der Waals surface area contributed by atoms with E-state index in [0.717, 1.165) is 32.2 Å². The summed E-state index contributed by atoms with van der Waals surface area (Å²) in [6.07, 6.45) is 6.47. The maximum Gasteiger partial charge on any atom is 0.305 e. The van der Waals surface area contributed by atoms with E-state index < -0.39 is 0 Å². The summed E-state index contributed by atoms with van der Waals surface area (Å²) in [5.74, 6) is -0.164. The van der Waals surface area contributed by atoms with Gasteiger partial charge in [-0.25, -0.2) is 0 Å². The van der Waals surface area contributed by atoms with Gasteiger partial charge in [-0.05, 0) is 25.8 Å². The molecule has 0 aromatic heterocycles. The van der Waals surface area contributed by atoms with Crippen LogP contribution in [0.1, 0.15) is 44.9 Å². The van der Waals surface area contributed by atoms with Crippen molar-refractivity contribution >= 4 is 5.97 Å². The summed E-state index contributed by atoms with van der Waals surface area (Å²) in [5, 5.41) is 13.2.